The minimum Gasteiger partial charge on any atom is -0.310 e. The first-order valence-electron chi connectivity index (χ1n) is 6.57. The molecule has 5 heteroatoms. The molecule has 0 saturated carbocycles. The van der Waals surface area contributed by atoms with E-state index in [1.54, 1.807) is 18.3 Å². The number of aromatic nitrogens is 1. The highest BCUT2D eigenvalue weighted by molar-refractivity contribution is 7.09. The lowest BCUT2D eigenvalue weighted by Crippen LogP contribution is -2.22. The van der Waals surface area contributed by atoms with E-state index in [1.165, 1.54) is 12.1 Å². The van der Waals surface area contributed by atoms with Gasteiger partial charge >= 0.3 is 0 Å². The summed E-state index contributed by atoms with van der Waals surface area (Å²) in [6.07, 6.45) is 0.782. The van der Waals surface area contributed by atoms with Gasteiger partial charge in [0.25, 0.3) is 0 Å². The second-order valence-electron chi connectivity index (χ2n) is 4.91. The van der Waals surface area contributed by atoms with Gasteiger partial charge in [-0.2, -0.15) is 0 Å². The quantitative estimate of drug-likeness (QED) is 0.904. The fourth-order valence-corrected chi connectivity index (χ4v) is 2.69. The van der Waals surface area contributed by atoms with Gasteiger partial charge in [0, 0.05) is 30.0 Å². The Bertz CT molecular complexity index is 596. The summed E-state index contributed by atoms with van der Waals surface area (Å²) in [7, 11) is 0. The molecule has 1 heterocycles. The van der Waals surface area contributed by atoms with E-state index < -0.39 is 0 Å². The van der Waals surface area contributed by atoms with Crippen LogP contribution in [-0.2, 0) is 6.42 Å². The maximum atomic E-state index is 13.8. The third-order valence-corrected chi connectivity index (χ3v) is 4.07. The molecule has 2 aromatic rings. The van der Waals surface area contributed by atoms with Crippen LogP contribution in [0.5, 0.6) is 0 Å². The Morgan fingerprint density at radius 1 is 1.25 bits per heavy atom. The highest BCUT2D eigenvalue weighted by Gasteiger charge is 2.13. The highest BCUT2D eigenvalue weighted by atomic mass is 32.1. The summed E-state index contributed by atoms with van der Waals surface area (Å²) in [5.41, 5.74) is 1.72. The summed E-state index contributed by atoms with van der Waals surface area (Å²) >= 11 is 1.62. The fraction of sp³-hybridized carbons (Fsp3) is 0.400. The highest BCUT2D eigenvalue weighted by Crippen LogP contribution is 2.20. The van der Waals surface area contributed by atoms with Crippen LogP contribution in [0.2, 0.25) is 0 Å². The lowest BCUT2D eigenvalue weighted by Gasteiger charge is -2.15. The van der Waals surface area contributed by atoms with Crippen molar-refractivity contribution in [2.75, 3.05) is 6.54 Å². The van der Waals surface area contributed by atoms with E-state index >= 15 is 0 Å². The van der Waals surface area contributed by atoms with Gasteiger partial charge in [-0.25, -0.2) is 13.8 Å². The van der Waals surface area contributed by atoms with Gasteiger partial charge in [-0.15, -0.1) is 11.3 Å². The molecule has 2 rings (SSSR count). The first kappa shape index (κ1) is 15.1. The van der Waals surface area contributed by atoms with Crippen LogP contribution >= 0.6 is 11.3 Å². The number of benzene rings is 1. The van der Waals surface area contributed by atoms with Gasteiger partial charge in [-0.05, 0) is 38.5 Å². The number of nitrogens with zero attached hydrogens (tertiary/aromatic N) is 1. The largest absolute Gasteiger partial charge is 0.310 e. The standard InChI is InChI=1S/C15H18F2N2S/c1-9-6-15(17)13(7-14(9)16)10(2)18-5-4-12-8-20-11(3)19-12/h6-8,10,18H,4-5H2,1-3H3. The number of aryl methyl sites for hydroxylation is 2. The van der Waals surface area contributed by atoms with Crippen molar-refractivity contribution in [1.82, 2.24) is 10.3 Å². The monoisotopic (exact) mass is 296 g/mol. The summed E-state index contributed by atoms with van der Waals surface area (Å²) in [4.78, 5) is 4.37. The van der Waals surface area contributed by atoms with Gasteiger partial charge < -0.3 is 5.32 Å². The first-order chi connectivity index (χ1) is 9.47. The Balaban J connectivity index is 1.95. The topological polar surface area (TPSA) is 24.9 Å². The Hall–Kier alpha value is -1.33. The van der Waals surface area contributed by atoms with Crippen molar-refractivity contribution in [1.29, 1.82) is 0 Å². The van der Waals surface area contributed by atoms with Crippen molar-refractivity contribution in [3.05, 3.63) is 51.0 Å². The molecule has 1 atom stereocenters. The van der Waals surface area contributed by atoms with Crippen molar-refractivity contribution < 1.29 is 8.78 Å². The number of hydrogen-bond acceptors (Lipinski definition) is 3. The van der Waals surface area contributed by atoms with E-state index in [-0.39, 0.29) is 17.7 Å². The van der Waals surface area contributed by atoms with E-state index in [1.807, 2.05) is 19.2 Å². The van der Waals surface area contributed by atoms with Gasteiger partial charge in [-0.1, -0.05) is 0 Å². The van der Waals surface area contributed by atoms with Crippen molar-refractivity contribution in [2.45, 2.75) is 33.2 Å². The molecule has 108 valence electrons. The average Bonchev–Trinajstić information content (AvgIpc) is 2.79. The molecule has 0 bridgehead atoms. The average molecular weight is 296 g/mol. The third-order valence-electron chi connectivity index (χ3n) is 3.24. The molecule has 1 unspecified atom stereocenters. The summed E-state index contributed by atoms with van der Waals surface area (Å²) in [5.74, 6) is -0.737. The van der Waals surface area contributed by atoms with Crippen molar-refractivity contribution in [3.63, 3.8) is 0 Å². The molecule has 0 saturated heterocycles. The zero-order valence-corrected chi connectivity index (χ0v) is 12.7. The molecule has 0 aliphatic carbocycles. The summed E-state index contributed by atoms with van der Waals surface area (Å²) < 4.78 is 27.3. The van der Waals surface area contributed by atoms with Gasteiger partial charge in [0.15, 0.2) is 0 Å². The molecular weight excluding hydrogens is 278 g/mol. The third kappa shape index (κ3) is 3.61. The molecule has 1 aromatic carbocycles. The minimum absolute atomic E-state index is 0.232. The van der Waals surface area contributed by atoms with Gasteiger partial charge in [0.2, 0.25) is 0 Å². The van der Waals surface area contributed by atoms with E-state index in [0.29, 0.717) is 17.7 Å². The number of thiazole rings is 1. The fourth-order valence-electron chi connectivity index (χ4n) is 2.04. The van der Waals surface area contributed by atoms with Crippen LogP contribution in [0, 0.1) is 25.5 Å². The van der Waals surface area contributed by atoms with Crippen molar-refractivity contribution in [3.8, 4) is 0 Å². The minimum atomic E-state index is -0.370. The van der Waals surface area contributed by atoms with Crippen LogP contribution in [-0.4, -0.2) is 11.5 Å². The normalized spacial score (nSPS) is 12.7. The summed E-state index contributed by atoms with van der Waals surface area (Å²) in [5, 5.41) is 6.27. The second kappa shape index (κ2) is 6.41. The van der Waals surface area contributed by atoms with E-state index in [4.69, 9.17) is 0 Å². The van der Waals surface area contributed by atoms with Gasteiger partial charge in [0.05, 0.1) is 10.7 Å². The van der Waals surface area contributed by atoms with Crippen LogP contribution in [0.1, 0.15) is 34.8 Å². The van der Waals surface area contributed by atoms with Crippen LogP contribution in [0.15, 0.2) is 17.5 Å². The number of halogens is 2. The Morgan fingerprint density at radius 2 is 2.00 bits per heavy atom. The molecule has 2 nitrogen and oxygen atoms in total. The van der Waals surface area contributed by atoms with Crippen molar-refractivity contribution >= 4 is 11.3 Å². The first-order valence-corrected chi connectivity index (χ1v) is 7.45. The molecule has 0 aliphatic heterocycles. The Labute approximate surface area is 121 Å². The number of nitrogens with one attached hydrogen (secondary N) is 1. The predicted octanol–water partition coefficient (Wildman–Crippen LogP) is 3.93. The number of hydrogen-bond donors (Lipinski definition) is 1. The molecule has 0 radical (unpaired) electrons. The van der Waals surface area contributed by atoms with Crippen LogP contribution < -0.4 is 5.32 Å². The SMILES string of the molecule is Cc1nc(CCNC(C)c2cc(F)c(C)cc2F)cs1. The lowest BCUT2D eigenvalue weighted by molar-refractivity contribution is 0.518. The summed E-state index contributed by atoms with van der Waals surface area (Å²) in [6.45, 7) is 6.04. The molecule has 1 aromatic heterocycles. The van der Waals surface area contributed by atoms with Crippen LogP contribution in [0.3, 0.4) is 0 Å². The summed E-state index contributed by atoms with van der Waals surface area (Å²) in [6, 6.07) is 2.28. The lowest BCUT2D eigenvalue weighted by atomic mass is 10.0. The van der Waals surface area contributed by atoms with E-state index in [2.05, 4.69) is 10.3 Å². The molecule has 1 N–H and O–H groups in total. The molecule has 0 aliphatic rings. The van der Waals surface area contributed by atoms with E-state index in [0.717, 1.165) is 17.1 Å². The molecule has 20 heavy (non-hydrogen) atoms. The zero-order chi connectivity index (χ0) is 14.7. The van der Waals surface area contributed by atoms with Crippen LogP contribution in [0.25, 0.3) is 0 Å². The van der Waals surface area contributed by atoms with Gasteiger partial charge in [0.1, 0.15) is 11.6 Å². The van der Waals surface area contributed by atoms with E-state index in [9.17, 15) is 8.78 Å². The van der Waals surface area contributed by atoms with Crippen LogP contribution in [0.4, 0.5) is 8.78 Å². The van der Waals surface area contributed by atoms with Crippen molar-refractivity contribution in [2.24, 2.45) is 0 Å². The maximum Gasteiger partial charge on any atom is 0.128 e. The van der Waals surface area contributed by atoms with Gasteiger partial charge in [-0.3, -0.25) is 0 Å². The second-order valence-corrected chi connectivity index (χ2v) is 5.97. The molecule has 0 fully saturated rings. The number of rotatable bonds is 5. The maximum absolute atomic E-state index is 13.8. The Morgan fingerprint density at radius 3 is 2.65 bits per heavy atom. The molecular formula is C15H18F2N2S. The predicted molar refractivity (Wildman–Crippen MR) is 78.1 cm³/mol. The zero-order valence-electron chi connectivity index (χ0n) is 11.8. The molecule has 0 amide bonds. The Kier molecular flexibility index (Phi) is 4.83. The molecule has 0 spiro atoms. The smallest absolute Gasteiger partial charge is 0.128 e.